The molecule has 0 saturated carbocycles. The zero-order valence-corrected chi connectivity index (χ0v) is 13.3. The summed E-state index contributed by atoms with van der Waals surface area (Å²) in [7, 11) is 0. The van der Waals surface area contributed by atoms with Crippen molar-refractivity contribution in [1.29, 1.82) is 0 Å². The molecule has 6 heteroatoms. The van der Waals surface area contributed by atoms with E-state index in [2.05, 4.69) is 5.43 Å². The average Bonchev–Trinajstić information content (AvgIpc) is 2.84. The highest BCUT2D eigenvalue weighted by molar-refractivity contribution is 5.97. The van der Waals surface area contributed by atoms with Crippen LogP contribution in [-0.4, -0.2) is 16.4 Å². The predicted molar refractivity (Wildman–Crippen MR) is 89.7 cm³/mol. The van der Waals surface area contributed by atoms with Crippen LogP contribution in [0.2, 0.25) is 0 Å². The van der Waals surface area contributed by atoms with E-state index in [4.69, 9.17) is 4.42 Å². The second kappa shape index (κ2) is 6.16. The highest BCUT2D eigenvalue weighted by atomic mass is 16.4. The van der Waals surface area contributed by atoms with Crippen molar-refractivity contribution in [2.45, 2.75) is 20.3 Å². The molecular formula is C18H16N2O4. The normalized spacial score (nSPS) is 10.8. The number of aromatic nitrogens is 1. The lowest BCUT2D eigenvalue weighted by Gasteiger charge is -2.07. The molecule has 0 unspecified atom stereocenters. The minimum absolute atomic E-state index is 0.129. The molecule has 24 heavy (non-hydrogen) atoms. The topological polar surface area (TPSA) is 81.3 Å². The van der Waals surface area contributed by atoms with E-state index < -0.39 is 5.76 Å². The highest BCUT2D eigenvalue weighted by Crippen LogP contribution is 2.15. The zero-order chi connectivity index (χ0) is 17.3. The van der Waals surface area contributed by atoms with Crippen LogP contribution in [0.25, 0.3) is 11.1 Å². The van der Waals surface area contributed by atoms with Gasteiger partial charge in [0, 0.05) is 5.56 Å². The molecule has 3 rings (SSSR count). The van der Waals surface area contributed by atoms with Crippen molar-refractivity contribution in [3.05, 3.63) is 69.7 Å². The molecule has 0 aliphatic heterocycles. The third kappa shape index (κ3) is 2.99. The van der Waals surface area contributed by atoms with Gasteiger partial charge in [-0.1, -0.05) is 24.3 Å². The maximum atomic E-state index is 12.2. The molecular weight excluding hydrogens is 308 g/mol. The predicted octanol–water partition coefficient (Wildman–Crippen LogP) is 2.42. The molecule has 1 heterocycles. The van der Waals surface area contributed by atoms with Crippen LogP contribution in [0.5, 0.6) is 0 Å². The third-order valence-electron chi connectivity index (χ3n) is 3.84. The Hall–Kier alpha value is -3.15. The van der Waals surface area contributed by atoms with E-state index >= 15 is 0 Å². The molecule has 0 aliphatic carbocycles. The summed E-state index contributed by atoms with van der Waals surface area (Å²) >= 11 is 0. The number of hydrogen-bond acceptors (Lipinski definition) is 4. The van der Waals surface area contributed by atoms with Crippen molar-refractivity contribution in [2.75, 3.05) is 5.43 Å². The van der Waals surface area contributed by atoms with E-state index in [-0.39, 0.29) is 23.7 Å². The fourth-order valence-electron chi connectivity index (χ4n) is 2.49. The van der Waals surface area contributed by atoms with Gasteiger partial charge >= 0.3 is 5.76 Å². The van der Waals surface area contributed by atoms with Gasteiger partial charge in [0.1, 0.15) is 5.52 Å². The van der Waals surface area contributed by atoms with E-state index in [0.29, 0.717) is 11.1 Å². The van der Waals surface area contributed by atoms with Crippen LogP contribution in [0, 0.1) is 6.92 Å². The third-order valence-corrected chi connectivity index (χ3v) is 3.84. The number of ketones is 1. The van der Waals surface area contributed by atoms with Gasteiger partial charge in [0.25, 0.3) is 0 Å². The molecule has 1 amide bonds. The first-order valence-electron chi connectivity index (χ1n) is 7.46. The number of nitrogens with one attached hydrogen (secondary N) is 1. The Labute approximate surface area is 137 Å². The molecule has 0 saturated heterocycles. The molecule has 1 aromatic heterocycles. The van der Waals surface area contributed by atoms with Crippen LogP contribution in [-0.2, 0) is 11.2 Å². The molecule has 122 valence electrons. The molecule has 0 aliphatic rings. The molecule has 0 spiro atoms. The molecule has 2 aromatic carbocycles. The summed E-state index contributed by atoms with van der Waals surface area (Å²) in [4.78, 5) is 35.6. The lowest BCUT2D eigenvalue weighted by Crippen LogP contribution is -2.31. The summed E-state index contributed by atoms with van der Waals surface area (Å²) in [6.07, 6.45) is 0.150. The highest BCUT2D eigenvalue weighted by Gasteiger charge is 2.14. The molecule has 0 atom stereocenters. The number of nitrogens with zero attached hydrogens (tertiary/aromatic N) is 1. The number of carbonyl (C=O) groups is 2. The largest absolute Gasteiger partial charge is 0.439 e. The Bertz CT molecular complexity index is 998. The van der Waals surface area contributed by atoms with Gasteiger partial charge in [0.05, 0.1) is 6.42 Å². The van der Waals surface area contributed by atoms with Gasteiger partial charge in [-0.2, -0.15) is 4.68 Å². The fourth-order valence-corrected chi connectivity index (χ4v) is 2.49. The van der Waals surface area contributed by atoms with Gasteiger partial charge in [0.15, 0.2) is 11.4 Å². The minimum Gasteiger partial charge on any atom is -0.406 e. The number of aryl methyl sites for hydroxylation is 1. The van der Waals surface area contributed by atoms with Gasteiger partial charge in [-0.3, -0.25) is 15.0 Å². The van der Waals surface area contributed by atoms with Crippen molar-refractivity contribution in [3.8, 4) is 0 Å². The maximum absolute atomic E-state index is 12.2. The first-order valence-corrected chi connectivity index (χ1v) is 7.46. The van der Waals surface area contributed by atoms with Gasteiger partial charge in [-0.05, 0) is 43.2 Å². The second-order valence-corrected chi connectivity index (χ2v) is 5.58. The van der Waals surface area contributed by atoms with Crippen LogP contribution in [0.15, 0.2) is 51.7 Å². The SMILES string of the molecule is CC(=O)c1ccc2c(c1)oc(=O)n2NC(=O)Cc1ccccc1C. The summed E-state index contributed by atoms with van der Waals surface area (Å²) in [6.45, 7) is 3.35. The zero-order valence-electron chi connectivity index (χ0n) is 13.3. The number of hydrogen-bond donors (Lipinski definition) is 1. The van der Waals surface area contributed by atoms with Gasteiger partial charge < -0.3 is 4.42 Å². The van der Waals surface area contributed by atoms with Crippen molar-refractivity contribution >= 4 is 22.8 Å². The van der Waals surface area contributed by atoms with Crippen molar-refractivity contribution in [3.63, 3.8) is 0 Å². The molecule has 6 nitrogen and oxygen atoms in total. The maximum Gasteiger partial charge on any atom is 0.439 e. The molecule has 0 fully saturated rings. The molecule has 0 bridgehead atoms. The fraction of sp³-hybridized carbons (Fsp3) is 0.167. The van der Waals surface area contributed by atoms with Gasteiger partial charge in [-0.25, -0.2) is 4.79 Å². The lowest BCUT2D eigenvalue weighted by molar-refractivity contribution is -0.116. The number of oxazole rings is 1. The smallest absolute Gasteiger partial charge is 0.406 e. The Balaban J connectivity index is 1.88. The summed E-state index contributed by atoms with van der Waals surface area (Å²) in [5, 5.41) is 0. The monoisotopic (exact) mass is 324 g/mol. The molecule has 3 aromatic rings. The second-order valence-electron chi connectivity index (χ2n) is 5.58. The first kappa shape index (κ1) is 15.7. The number of carbonyl (C=O) groups excluding carboxylic acids is 2. The van der Waals surface area contributed by atoms with Crippen LogP contribution in [0.3, 0.4) is 0 Å². The van der Waals surface area contributed by atoms with Crippen molar-refractivity contribution in [2.24, 2.45) is 0 Å². The Morgan fingerprint density at radius 1 is 1.17 bits per heavy atom. The molecule has 1 N–H and O–H groups in total. The minimum atomic E-state index is -0.705. The lowest BCUT2D eigenvalue weighted by atomic mass is 10.1. The Morgan fingerprint density at radius 3 is 2.62 bits per heavy atom. The van der Waals surface area contributed by atoms with Crippen LogP contribution in [0.1, 0.15) is 28.4 Å². The van der Waals surface area contributed by atoms with Crippen LogP contribution >= 0.6 is 0 Å². The summed E-state index contributed by atoms with van der Waals surface area (Å²) < 4.78 is 6.16. The quantitative estimate of drug-likeness (QED) is 0.747. The van der Waals surface area contributed by atoms with E-state index in [1.807, 2.05) is 31.2 Å². The van der Waals surface area contributed by atoms with Crippen LogP contribution in [0.4, 0.5) is 0 Å². The van der Waals surface area contributed by atoms with Crippen molar-refractivity contribution in [1.82, 2.24) is 4.68 Å². The van der Waals surface area contributed by atoms with E-state index in [1.54, 1.807) is 12.1 Å². The van der Waals surface area contributed by atoms with Crippen molar-refractivity contribution < 1.29 is 14.0 Å². The Morgan fingerprint density at radius 2 is 1.92 bits per heavy atom. The van der Waals surface area contributed by atoms with Crippen LogP contribution < -0.4 is 11.2 Å². The van der Waals surface area contributed by atoms with E-state index in [1.165, 1.54) is 13.0 Å². The van der Waals surface area contributed by atoms with E-state index in [0.717, 1.165) is 15.8 Å². The first-order chi connectivity index (χ1) is 11.5. The standard InChI is InChI=1S/C18H16N2O4/c1-11-5-3-4-6-13(11)10-17(22)19-20-15-8-7-14(12(2)21)9-16(15)24-18(20)23/h3-9H,10H2,1-2H3,(H,19,22). The van der Waals surface area contributed by atoms with Gasteiger partial charge in [0.2, 0.25) is 5.91 Å². The number of rotatable bonds is 4. The number of Topliss-reactive ketones (excluding diaryl/α,β-unsaturated/α-hetero) is 1. The van der Waals surface area contributed by atoms with Gasteiger partial charge in [-0.15, -0.1) is 0 Å². The summed E-state index contributed by atoms with van der Waals surface area (Å²) in [5.41, 5.74) is 5.53. The number of benzene rings is 2. The average molecular weight is 324 g/mol. The number of fused-ring (bicyclic) bond motifs is 1. The summed E-state index contributed by atoms with van der Waals surface area (Å²) in [5.74, 6) is -1.16. The summed E-state index contributed by atoms with van der Waals surface area (Å²) in [6, 6.07) is 12.2. The van der Waals surface area contributed by atoms with E-state index in [9.17, 15) is 14.4 Å². The Kier molecular flexibility index (Phi) is 4.04. The molecule has 0 radical (unpaired) electrons. The number of amides is 1.